The molecule has 0 saturated carbocycles. The highest BCUT2D eigenvalue weighted by molar-refractivity contribution is 6.30. The van der Waals surface area contributed by atoms with Crippen LogP contribution in [0.5, 0.6) is 0 Å². The first kappa shape index (κ1) is 18.2. The fourth-order valence-corrected chi connectivity index (χ4v) is 2.19. The molecule has 1 aliphatic rings. The van der Waals surface area contributed by atoms with E-state index in [-0.39, 0.29) is 30.9 Å². The smallest absolute Gasteiger partial charge is 0.221 e. The number of aliphatic hydroxyl groups is 1. The Hall–Kier alpha value is -0.850. The molecule has 0 aromatic heterocycles. The van der Waals surface area contributed by atoms with E-state index in [0.717, 1.165) is 12.1 Å². The fourth-order valence-electron chi connectivity index (χ4n) is 2.06. The Morgan fingerprint density at radius 1 is 1.48 bits per heavy atom. The molecule has 0 aliphatic carbocycles. The van der Waals surface area contributed by atoms with Gasteiger partial charge in [-0.1, -0.05) is 23.7 Å². The van der Waals surface area contributed by atoms with Gasteiger partial charge in [0.25, 0.3) is 0 Å². The predicted molar refractivity (Wildman–Crippen MR) is 83.9 cm³/mol. The van der Waals surface area contributed by atoms with Crippen molar-refractivity contribution in [1.29, 1.82) is 0 Å². The van der Waals surface area contributed by atoms with Crippen LogP contribution in [0, 0.1) is 0 Å². The zero-order valence-corrected chi connectivity index (χ0v) is 13.1. The van der Waals surface area contributed by atoms with Gasteiger partial charge in [0, 0.05) is 30.6 Å². The van der Waals surface area contributed by atoms with Gasteiger partial charge < -0.3 is 20.5 Å². The second-order valence-electron chi connectivity index (χ2n) is 4.80. The van der Waals surface area contributed by atoms with Crippen molar-refractivity contribution in [2.24, 2.45) is 0 Å². The van der Waals surface area contributed by atoms with Crippen molar-refractivity contribution in [3.05, 3.63) is 34.9 Å². The average Bonchev–Trinajstić information content (AvgIpc) is 2.46. The number of hydrogen-bond acceptors (Lipinski definition) is 4. The Bertz CT molecular complexity index is 436. The molecule has 2 atom stereocenters. The van der Waals surface area contributed by atoms with Crippen LogP contribution < -0.4 is 10.6 Å². The molecule has 1 aromatic rings. The molecule has 0 radical (unpaired) electrons. The molecule has 0 bridgehead atoms. The quantitative estimate of drug-likeness (QED) is 0.758. The molecule has 3 N–H and O–H groups in total. The summed E-state index contributed by atoms with van der Waals surface area (Å²) in [5.41, 5.74) is 0.730. The molecule has 118 valence electrons. The lowest BCUT2D eigenvalue weighted by Crippen LogP contribution is -2.44. The van der Waals surface area contributed by atoms with Gasteiger partial charge in [-0.05, 0) is 17.7 Å². The number of ether oxygens (including phenoxy) is 1. The van der Waals surface area contributed by atoms with Gasteiger partial charge in [-0.3, -0.25) is 4.79 Å². The summed E-state index contributed by atoms with van der Waals surface area (Å²) in [4.78, 5) is 11.8. The zero-order chi connectivity index (χ0) is 14.4. The predicted octanol–water partition coefficient (Wildman–Crippen LogP) is 1.29. The number of carbonyl (C=O) groups is 1. The van der Waals surface area contributed by atoms with Crippen molar-refractivity contribution in [3.63, 3.8) is 0 Å². The number of benzene rings is 1. The van der Waals surface area contributed by atoms with Gasteiger partial charge >= 0.3 is 0 Å². The molecule has 2 unspecified atom stereocenters. The van der Waals surface area contributed by atoms with Gasteiger partial charge in [0.05, 0.1) is 19.3 Å². The van der Waals surface area contributed by atoms with Crippen LogP contribution in [0.3, 0.4) is 0 Å². The Labute approximate surface area is 135 Å². The van der Waals surface area contributed by atoms with E-state index in [1.54, 1.807) is 24.3 Å². The van der Waals surface area contributed by atoms with E-state index in [4.69, 9.17) is 16.3 Å². The first-order valence-corrected chi connectivity index (χ1v) is 7.04. The fraction of sp³-hybridized carbons (Fsp3) is 0.500. The van der Waals surface area contributed by atoms with Crippen molar-refractivity contribution in [1.82, 2.24) is 10.6 Å². The Balaban J connectivity index is 0.00000220. The third kappa shape index (κ3) is 6.20. The molecule has 5 nitrogen and oxygen atoms in total. The van der Waals surface area contributed by atoms with E-state index < -0.39 is 6.10 Å². The van der Waals surface area contributed by atoms with Crippen LogP contribution in [0.2, 0.25) is 5.02 Å². The molecule has 7 heteroatoms. The van der Waals surface area contributed by atoms with Crippen molar-refractivity contribution in [3.8, 4) is 0 Å². The van der Waals surface area contributed by atoms with Crippen LogP contribution in [0.25, 0.3) is 0 Å². The van der Waals surface area contributed by atoms with Crippen molar-refractivity contribution >= 4 is 29.9 Å². The summed E-state index contributed by atoms with van der Waals surface area (Å²) in [5.74, 6) is -0.0963. The molecule has 1 aromatic carbocycles. The monoisotopic (exact) mass is 334 g/mol. The summed E-state index contributed by atoms with van der Waals surface area (Å²) < 4.78 is 5.28. The van der Waals surface area contributed by atoms with Crippen molar-refractivity contribution < 1.29 is 14.6 Å². The Kier molecular flexibility index (Phi) is 8.00. The summed E-state index contributed by atoms with van der Waals surface area (Å²) in [6.07, 6.45) is -0.375. The van der Waals surface area contributed by atoms with Gasteiger partial charge in [0.15, 0.2) is 0 Å². The van der Waals surface area contributed by atoms with Crippen LogP contribution in [0.4, 0.5) is 0 Å². The SMILES string of the molecule is Cl.O=C(CC1COCCN1)NCC(O)c1ccc(Cl)cc1. The number of aliphatic hydroxyl groups excluding tert-OH is 1. The largest absolute Gasteiger partial charge is 0.387 e. The van der Waals surface area contributed by atoms with E-state index in [9.17, 15) is 9.90 Å². The van der Waals surface area contributed by atoms with Gasteiger partial charge in [-0.2, -0.15) is 0 Å². The molecule has 2 rings (SSSR count). The first-order chi connectivity index (χ1) is 9.65. The Morgan fingerprint density at radius 3 is 2.81 bits per heavy atom. The number of carbonyl (C=O) groups excluding carboxylic acids is 1. The number of amides is 1. The first-order valence-electron chi connectivity index (χ1n) is 6.66. The zero-order valence-electron chi connectivity index (χ0n) is 11.5. The van der Waals surface area contributed by atoms with E-state index in [2.05, 4.69) is 10.6 Å². The standard InChI is InChI=1S/C14H19ClN2O3.ClH/c15-11-3-1-10(2-4-11)13(18)8-17-14(19)7-12-9-20-6-5-16-12;/h1-4,12-13,16,18H,5-9H2,(H,17,19);1H. The maximum absolute atomic E-state index is 11.8. The van der Waals surface area contributed by atoms with Gasteiger partial charge in [-0.15, -0.1) is 12.4 Å². The highest BCUT2D eigenvalue weighted by Gasteiger charge is 2.17. The normalized spacial score (nSPS) is 19.4. The summed E-state index contributed by atoms with van der Waals surface area (Å²) >= 11 is 5.78. The Morgan fingerprint density at radius 2 is 2.19 bits per heavy atom. The van der Waals surface area contributed by atoms with Crippen LogP contribution in [-0.4, -0.2) is 43.4 Å². The summed E-state index contributed by atoms with van der Waals surface area (Å²) in [6, 6.07) is 6.97. The summed E-state index contributed by atoms with van der Waals surface area (Å²) in [5, 5.41) is 16.5. The second kappa shape index (κ2) is 9.23. The van der Waals surface area contributed by atoms with Crippen LogP contribution in [0.15, 0.2) is 24.3 Å². The second-order valence-corrected chi connectivity index (χ2v) is 5.24. The van der Waals surface area contributed by atoms with Crippen LogP contribution >= 0.6 is 24.0 Å². The number of nitrogens with one attached hydrogen (secondary N) is 2. The average molecular weight is 335 g/mol. The summed E-state index contributed by atoms with van der Waals surface area (Å²) in [7, 11) is 0. The third-order valence-electron chi connectivity index (χ3n) is 3.18. The molecular formula is C14H20Cl2N2O3. The molecule has 1 heterocycles. The number of morpholine rings is 1. The minimum atomic E-state index is -0.730. The summed E-state index contributed by atoms with van der Waals surface area (Å²) in [6.45, 7) is 2.19. The maximum atomic E-state index is 11.8. The number of halogens is 2. The maximum Gasteiger partial charge on any atom is 0.221 e. The highest BCUT2D eigenvalue weighted by atomic mass is 35.5. The molecule has 1 saturated heterocycles. The molecular weight excluding hydrogens is 315 g/mol. The minimum Gasteiger partial charge on any atom is -0.387 e. The highest BCUT2D eigenvalue weighted by Crippen LogP contribution is 2.15. The van der Waals surface area contributed by atoms with Crippen LogP contribution in [-0.2, 0) is 9.53 Å². The number of rotatable bonds is 5. The van der Waals surface area contributed by atoms with Gasteiger partial charge in [-0.25, -0.2) is 0 Å². The van der Waals surface area contributed by atoms with E-state index in [1.165, 1.54) is 0 Å². The van der Waals surface area contributed by atoms with Gasteiger partial charge in [0.1, 0.15) is 0 Å². The lowest BCUT2D eigenvalue weighted by molar-refractivity contribution is -0.122. The van der Waals surface area contributed by atoms with E-state index >= 15 is 0 Å². The molecule has 1 amide bonds. The van der Waals surface area contributed by atoms with Crippen LogP contribution in [0.1, 0.15) is 18.1 Å². The molecule has 0 spiro atoms. The topological polar surface area (TPSA) is 70.6 Å². The van der Waals surface area contributed by atoms with E-state index in [0.29, 0.717) is 24.7 Å². The van der Waals surface area contributed by atoms with E-state index in [1.807, 2.05) is 0 Å². The van der Waals surface area contributed by atoms with Crippen molar-refractivity contribution in [2.75, 3.05) is 26.3 Å². The number of hydrogen-bond donors (Lipinski definition) is 3. The van der Waals surface area contributed by atoms with Crippen molar-refractivity contribution in [2.45, 2.75) is 18.6 Å². The minimum absolute atomic E-state index is 0. The lowest BCUT2D eigenvalue weighted by Gasteiger charge is -2.23. The molecule has 1 fully saturated rings. The third-order valence-corrected chi connectivity index (χ3v) is 3.43. The molecule has 21 heavy (non-hydrogen) atoms. The van der Waals surface area contributed by atoms with Gasteiger partial charge in [0.2, 0.25) is 5.91 Å². The molecule has 1 aliphatic heterocycles. The lowest BCUT2D eigenvalue weighted by atomic mass is 10.1.